The van der Waals surface area contributed by atoms with Crippen LogP contribution in [0, 0.1) is 19.8 Å². The molecule has 4 nitrogen and oxygen atoms in total. The van der Waals surface area contributed by atoms with E-state index in [-0.39, 0.29) is 17.9 Å². The number of aryl methyl sites for hydroxylation is 3. The highest BCUT2D eigenvalue weighted by molar-refractivity contribution is 5.77. The molecule has 0 atom stereocenters. The molecule has 2 rings (SSSR count). The Morgan fingerprint density at radius 1 is 1.30 bits per heavy atom. The molecule has 1 saturated carbocycles. The second kappa shape index (κ2) is 6.07. The summed E-state index contributed by atoms with van der Waals surface area (Å²) < 4.78 is 0. The van der Waals surface area contributed by atoms with Crippen molar-refractivity contribution in [1.29, 1.82) is 0 Å². The van der Waals surface area contributed by atoms with Gasteiger partial charge in [0.15, 0.2) is 0 Å². The Morgan fingerprint density at radius 3 is 2.60 bits per heavy atom. The third kappa shape index (κ3) is 3.59. The van der Waals surface area contributed by atoms with Gasteiger partial charge in [0.2, 0.25) is 5.91 Å². The van der Waals surface area contributed by atoms with Crippen LogP contribution >= 0.6 is 0 Å². The normalized spacial score (nSPS) is 21.1. The van der Waals surface area contributed by atoms with Crippen molar-refractivity contribution in [3.8, 4) is 0 Å². The van der Waals surface area contributed by atoms with Crippen LogP contribution in [0.4, 0.5) is 0 Å². The van der Waals surface area contributed by atoms with Gasteiger partial charge in [0.05, 0.1) is 5.92 Å². The van der Waals surface area contributed by atoms with Gasteiger partial charge in [-0.2, -0.15) is 0 Å². The molecule has 0 aliphatic heterocycles. The predicted octanol–water partition coefficient (Wildman–Crippen LogP) is 2.22. The molecule has 0 bridgehead atoms. The number of aliphatic carboxylic acids is 1. The zero-order valence-corrected chi connectivity index (χ0v) is 12.0. The summed E-state index contributed by atoms with van der Waals surface area (Å²) in [4.78, 5) is 22.5. The van der Waals surface area contributed by atoms with Crippen LogP contribution in [-0.4, -0.2) is 23.0 Å². The summed E-state index contributed by atoms with van der Waals surface area (Å²) in [6.07, 6.45) is 2.31. The molecule has 1 aliphatic rings. The van der Waals surface area contributed by atoms with Crippen molar-refractivity contribution < 1.29 is 14.7 Å². The van der Waals surface area contributed by atoms with E-state index in [4.69, 9.17) is 5.11 Å². The fourth-order valence-electron chi connectivity index (χ4n) is 2.61. The predicted molar refractivity (Wildman–Crippen MR) is 76.5 cm³/mol. The highest BCUT2D eigenvalue weighted by Crippen LogP contribution is 2.27. The Morgan fingerprint density at radius 2 is 2.00 bits per heavy atom. The molecule has 0 unspecified atom stereocenters. The Hall–Kier alpha value is -1.84. The lowest BCUT2D eigenvalue weighted by Crippen LogP contribution is -2.46. The zero-order valence-electron chi connectivity index (χ0n) is 12.0. The van der Waals surface area contributed by atoms with Gasteiger partial charge in [-0.1, -0.05) is 23.8 Å². The lowest BCUT2D eigenvalue weighted by atomic mass is 9.80. The van der Waals surface area contributed by atoms with Gasteiger partial charge in [-0.25, -0.2) is 0 Å². The SMILES string of the molecule is Cc1ccc(CCC(=O)NC2CC(C(=O)O)C2)c(C)c1. The number of hydrogen-bond acceptors (Lipinski definition) is 2. The van der Waals surface area contributed by atoms with Crippen LogP contribution in [0.15, 0.2) is 18.2 Å². The van der Waals surface area contributed by atoms with E-state index in [1.807, 2.05) is 0 Å². The topological polar surface area (TPSA) is 66.4 Å². The van der Waals surface area contributed by atoms with E-state index in [9.17, 15) is 9.59 Å². The number of benzene rings is 1. The molecule has 0 spiro atoms. The van der Waals surface area contributed by atoms with Crippen molar-refractivity contribution in [2.45, 2.75) is 45.6 Å². The van der Waals surface area contributed by atoms with Crippen LogP contribution in [0.2, 0.25) is 0 Å². The third-order valence-corrected chi connectivity index (χ3v) is 3.97. The summed E-state index contributed by atoms with van der Waals surface area (Å²) in [7, 11) is 0. The summed E-state index contributed by atoms with van der Waals surface area (Å²) in [5.74, 6) is -1.02. The van der Waals surface area contributed by atoms with E-state index >= 15 is 0 Å². The lowest BCUT2D eigenvalue weighted by Gasteiger charge is -2.32. The van der Waals surface area contributed by atoms with E-state index in [0.717, 1.165) is 6.42 Å². The zero-order chi connectivity index (χ0) is 14.7. The molecule has 0 radical (unpaired) electrons. The summed E-state index contributed by atoms with van der Waals surface area (Å²) >= 11 is 0. The van der Waals surface area contributed by atoms with E-state index < -0.39 is 5.97 Å². The third-order valence-electron chi connectivity index (χ3n) is 3.97. The monoisotopic (exact) mass is 275 g/mol. The summed E-state index contributed by atoms with van der Waals surface area (Å²) in [6, 6.07) is 6.30. The van der Waals surface area contributed by atoms with Crippen molar-refractivity contribution in [2.24, 2.45) is 5.92 Å². The molecule has 0 heterocycles. The molecule has 1 fully saturated rings. The van der Waals surface area contributed by atoms with Crippen LogP contribution in [0.25, 0.3) is 0 Å². The van der Waals surface area contributed by atoms with Crippen LogP contribution in [0.5, 0.6) is 0 Å². The molecule has 20 heavy (non-hydrogen) atoms. The smallest absolute Gasteiger partial charge is 0.306 e. The van der Waals surface area contributed by atoms with Gasteiger partial charge in [0, 0.05) is 12.5 Å². The fourth-order valence-corrected chi connectivity index (χ4v) is 2.61. The van der Waals surface area contributed by atoms with E-state index in [2.05, 4.69) is 37.4 Å². The average Bonchev–Trinajstić information content (AvgIpc) is 2.31. The molecular weight excluding hydrogens is 254 g/mol. The first-order valence-corrected chi connectivity index (χ1v) is 7.04. The van der Waals surface area contributed by atoms with Crippen molar-refractivity contribution >= 4 is 11.9 Å². The number of carboxylic acids is 1. The summed E-state index contributed by atoms with van der Waals surface area (Å²) in [5.41, 5.74) is 3.64. The second-order valence-corrected chi connectivity index (χ2v) is 5.70. The Kier molecular flexibility index (Phi) is 4.42. The molecule has 1 aromatic carbocycles. The van der Waals surface area contributed by atoms with Crippen LogP contribution < -0.4 is 5.32 Å². The number of carboxylic acid groups (broad SMARTS) is 1. The fraction of sp³-hybridized carbons (Fsp3) is 0.500. The molecule has 108 valence electrons. The van der Waals surface area contributed by atoms with Crippen molar-refractivity contribution in [3.63, 3.8) is 0 Å². The Labute approximate surface area is 119 Å². The summed E-state index contributed by atoms with van der Waals surface area (Å²) in [5, 5.41) is 11.7. The number of hydrogen-bond donors (Lipinski definition) is 2. The van der Waals surface area contributed by atoms with E-state index in [0.29, 0.717) is 19.3 Å². The largest absolute Gasteiger partial charge is 0.481 e. The molecule has 2 N–H and O–H groups in total. The van der Waals surface area contributed by atoms with Crippen molar-refractivity contribution in [3.05, 3.63) is 34.9 Å². The van der Waals surface area contributed by atoms with Gasteiger partial charge in [-0.15, -0.1) is 0 Å². The van der Waals surface area contributed by atoms with Crippen molar-refractivity contribution in [2.75, 3.05) is 0 Å². The molecule has 4 heteroatoms. The van der Waals surface area contributed by atoms with Gasteiger partial charge in [0.25, 0.3) is 0 Å². The number of rotatable bonds is 5. The van der Waals surface area contributed by atoms with Gasteiger partial charge in [0.1, 0.15) is 0 Å². The minimum Gasteiger partial charge on any atom is -0.481 e. The maximum Gasteiger partial charge on any atom is 0.306 e. The average molecular weight is 275 g/mol. The molecule has 0 saturated heterocycles. The molecular formula is C16H21NO3. The molecule has 1 aliphatic carbocycles. The van der Waals surface area contributed by atoms with Crippen LogP contribution in [-0.2, 0) is 16.0 Å². The van der Waals surface area contributed by atoms with Crippen LogP contribution in [0.3, 0.4) is 0 Å². The number of carbonyl (C=O) groups is 2. The number of nitrogens with one attached hydrogen (secondary N) is 1. The van der Waals surface area contributed by atoms with Gasteiger partial charge in [-0.05, 0) is 44.2 Å². The van der Waals surface area contributed by atoms with E-state index in [1.165, 1.54) is 16.7 Å². The lowest BCUT2D eigenvalue weighted by molar-refractivity contribution is -0.146. The first-order valence-electron chi connectivity index (χ1n) is 7.04. The Balaban J connectivity index is 1.74. The highest BCUT2D eigenvalue weighted by atomic mass is 16.4. The van der Waals surface area contributed by atoms with Gasteiger partial charge >= 0.3 is 5.97 Å². The van der Waals surface area contributed by atoms with Gasteiger partial charge < -0.3 is 10.4 Å². The van der Waals surface area contributed by atoms with E-state index in [1.54, 1.807) is 0 Å². The van der Waals surface area contributed by atoms with Crippen molar-refractivity contribution in [1.82, 2.24) is 5.32 Å². The minimum atomic E-state index is -0.759. The first-order chi connectivity index (χ1) is 9.45. The first kappa shape index (κ1) is 14.6. The molecule has 0 aromatic heterocycles. The van der Waals surface area contributed by atoms with Gasteiger partial charge in [-0.3, -0.25) is 9.59 Å². The number of carbonyl (C=O) groups excluding carboxylic acids is 1. The standard InChI is InChI=1S/C16H21NO3/c1-10-3-4-12(11(2)7-10)5-6-15(18)17-14-8-13(9-14)16(19)20/h3-4,7,13-14H,5-6,8-9H2,1-2H3,(H,17,18)(H,19,20). The summed E-state index contributed by atoms with van der Waals surface area (Å²) in [6.45, 7) is 4.11. The minimum absolute atomic E-state index is 0.0128. The molecule has 1 amide bonds. The highest BCUT2D eigenvalue weighted by Gasteiger charge is 2.35. The maximum absolute atomic E-state index is 11.8. The maximum atomic E-state index is 11.8. The molecule has 1 aromatic rings. The quantitative estimate of drug-likeness (QED) is 0.866. The number of amides is 1. The Bertz CT molecular complexity index is 518. The van der Waals surface area contributed by atoms with Crippen LogP contribution in [0.1, 0.15) is 36.0 Å². The second-order valence-electron chi connectivity index (χ2n) is 5.70.